The molecule has 0 unspecified atom stereocenters. The maximum Gasteiger partial charge on any atom is 0.274 e. The first kappa shape index (κ1) is 12.1. The molecule has 0 aliphatic carbocycles. The average Bonchev–Trinajstić information content (AvgIpc) is 2.53. The van der Waals surface area contributed by atoms with Crippen LogP contribution in [0.4, 0.5) is 0 Å². The Morgan fingerprint density at radius 3 is 2.53 bits per heavy atom. The van der Waals surface area contributed by atoms with Crippen molar-refractivity contribution in [1.29, 1.82) is 0 Å². The highest BCUT2D eigenvalue weighted by molar-refractivity contribution is 5.93. The number of aryl methyl sites for hydroxylation is 2. The minimum Gasteiger partial charge on any atom is -0.386 e. The Morgan fingerprint density at radius 1 is 1.53 bits per heavy atom. The van der Waals surface area contributed by atoms with Crippen LogP contribution in [0.3, 0.4) is 0 Å². The van der Waals surface area contributed by atoms with E-state index >= 15 is 0 Å². The summed E-state index contributed by atoms with van der Waals surface area (Å²) in [7, 11) is 1.81. The summed E-state index contributed by atoms with van der Waals surface area (Å²) in [5.41, 5.74) is 0.684. The Balaban J connectivity index is 2.05. The van der Waals surface area contributed by atoms with Gasteiger partial charge in [-0.3, -0.25) is 9.48 Å². The standard InChI is InChI=1S/C12H19N3O2/c1-8(2)12(17)6-15(7-12)11(16)10-5-9(3)14(4)13-10/h5,8,17H,6-7H2,1-4H3. The van der Waals surface area contributed by atoms with E-state index in [2.05, 4.69) is 5.10 Å². The van der Waals surface area contributed by atoms with Crippen molar-refractivity contribution in [3.05, 3.63) is 17.5 Å². The second kappa shape index (κ2) is 3.84. The lowest BCUT2D eigenvalue weighted by Gasteiger charge is -2.48. The predicted molar refractivity (Wildman–Crippen MR) is 63.6 cm³/mol. The van der Waals surface area contributed by atoms with Crippen LogP contribution >= 0.6 is 0 Å². The molecule has 5 heteroatoms. The Labute approximate surface area is 101 Å². The van der Waals surface area contributed by atoms with Crippen LogP contribution in [0.25, 0.3) is 0 Å². The summed E-state index contributed by atoms with van der Waals surface area (Å²) >= 11 is 0. The van der Waals surface area contributed by atoms with E-state index in [-0.39, 0.29) is 11.8 Å². The van der Waals surface area contributed by atoms with E-state index in [1.165, 1.54) is 0 Å². The van der Waals surface area contributed by atoms with Crippen LogP contribution < -0.4 is 0 Å². The molecule has 0 bridgehead atoms. The summed E-state index contributed by atoms with van der Waals surface area (Å²) in [6.07, 6.45) is 0. The number of hydrogen-bond acceptors (Lipinski definition) is 3. The number of rotatable bonds is 2. The second-order valence-electron chi connectivity index (χ2n) is 5.21. The lowest BCUT2D eigenvalue weighted by Crippen LogP contribution is -2.66. The molecule has 1 aromatic rings. The molecule has 1 aliphatic rings. The summed E-state index contributed by atoms with van der Waals surface area (Å²) in [4.78, 5) is 13.7. The van der Waals surface area contributed by atoms with E-state index in [0.717, 1.165) is 5.69 Å². The van der Waals surface area contributed by atoms with Crippen molar-refractivity contribution in [2.24, 2.45) is 13.0 Å². The molecule has 1 saturated heterocycles. The van der Waals surface area contributed by atoms with Crippen molar-refractivity contribution in [1.82, 2.24) is 14.7 Å². The highest BCUT2D eigenvalue weighted by atomic mass is 16.3. The Morgan fingerprint density at radius 2 is 2.12 bits per heavy atom. The minimum atomic E-state index is -0.723. The highest BCUT2D eigenvalue weighted by Gasteiger charge is 2.46. The van der Waals surface area contributed by atoms with E-state index in [1.807, 2.05) is 27.8 Å². The SMILES string of the molecule is Cc1cc(C(=O)N2CC(O)(C(C)C)C2)nn1C. The summed E-state index contributed by atoms with van der Waals surface area (Å²) in [6.45, 7) is 6.64. The van der Waals surface area contributed by atoms with Gasteiger partial charge in [0.1, 0.15) is 5.60 Å². The zero-order chi connectivity index (χ0) is 12.8. The summed E-state index contributed by atoms with van der Waals surface area (Å²) in [6, 6.07) is 1.77. The fourth-order valence-corrected chi connectivity index (χ4v) is 1.95. The predicted octanol–water partition coefficient (Wildman–Crippen LogP) is 0.571. The molecule has 0 spiro atoms. The zero-order valence-corrected chi connectivity index (χ0v) is 10.8. The number of carbonyl (C=O) groups is 1. The zero-order valence-electron chi connectivity index (χ0n) is 10.8. The number of β-amino-alcohol motifs (C(OH)–C–C–N with tert-alkyl or cyclic N) is 1. The first-order chi connectivity index (χ1) is 7.83. The number of aromatic nitrogens is 2. The van der Waals surface area contributed by atoms with Crippen molar-refractivity contribution in [2.75, 3.05) is 13.1 Å². The maximum absolute atomic E-state index is 12.0. The normalized spacial score (nSPS) is 18.4. The molecule has 5 nitrogen and oxygen atoms in total. The molecular formula is C12H19N3O2. The lowest BCUT2D eigenvalue weighted by molar-refractivity contribution is -0.111. The number of hydrogen-bond donors (Lipinski definition) is 1. The van der Waals surface area contributed by atoms with Crippen molar-refractivity contribution in [3.63, 3.8) is 0 Å². The second-order valence-corrected chi connectivity index (χ2v) is 5.21. The van der Waals surface area contributed by atoms with Gasteiger partial charge in [-0.05, 0) is 18.9 Å². The Bertz CT molecular complexity index is 425. The minimum absolute atomic E-state index is 0.0981. The first-order valence-corrected chi connectivity index (χ1v) is 5.86. The molecule has 2 rings (SSSR count). The highest BCUT2D eigenvalue weighted by Crippen LogP contribution is 2.29. The van der Waals surface area contributed by atoms with Crippen molar-refractivity contribution < 1.29 is 9.90 Å². The molecule has 0 radical (unpaired) electrons. The molecule has 2 heterocycles. The van der Waals surface area contributed by atoms with Crippen LogP contribution in [-0.2, 0) is 7.05 Å². The lowest BCUT2D eigenvalue weighted by atomic mass is 9.83. The van der Waals surface area contributed by atoms with Crippen molar-refractivity contribution in [2.45, 2.75) is 26.4 Å². The molecule has 1 fully saturated rings. The van der Waals surface area contributed by atoms with Gasteiger partial charge in [-0.15, -0.1) is 0 Å². The number of aliphatic hydroxyl groups is 1. The van der Waals surface area contributed by atoms with Gasteiger partial charge in [0, 0.05) is 12.7 Å². The third-order valence-electron chi connectivity index (χ3n) is 3.62. The van der Waals surface area contributed by atoms with Crippen LogP contribution in [0.2, 0.25) is 0 Å². The van der Waals surface area contributed by atoms with E-state index in [4.69, 9.17) is 0 Å². The fourth-order valence-electron chi connectivity index (χ4n) is 1.95. The summed E-state index contributed by atoms with van der Waals surface area (Å²) in [5.74, 6) is 0.0658. The quantitative estimate of drug-likeness (QED) is 0.818. The summed E-state index contributed by atoms with van der Waals surface area (Å²) in [5, 5.41) is 14.2. The number of amides is 1. The number of carbonyl (C=O) groups excluding carboxylic acids is 1. The van der Waals surface area contributed by atoms with Gasteiger partial charge in [-0.25, -0.2) is 0 Å². The molecule has 17 heavy (non-hydrogen) atoms. The van der Waals surface area contributed by atoms with Gasteiger partial charge in [0.15, 0.2) is 5.69 Å². The number of nitrogens with zero attached hydrogens (tertiary/aromatic N) is 3. The third kappa shape index (κ3) is 1.95. The Hall–Kier alpha value is -1.36. The van der Waals surface area contributed by atoms with Gasteiger partial charge in [0.05, 0.1) is 13.1 Å². The topological polar surface area (TPSA) is 58.4 Å². The molecule has 0 atom stereocenters. The van der Waals surface area contributed by atoms with Gasteiger partial charge in [0.25, 0.3) is 5.91 Å². The molecule has 0 aromatic carbocycles. The van der Waals surface area contributed by atoms with Crippen molar-refractivity contribution in [3.8, 4) is 0 Å². The van der Waals surface area contributed by atoms with Crippen LogP contribution in [0.15, 0.2) is 6.07 Å². The average molecular weight is 237 g/mol. The van der Waals surface area contributed by atoms with E-state index < -0.39 is 5.60 Å². The van der Waals surface area contributed by atoms with E-state index in [9.17, 15) is 9.90 Å². The van der Waals surface area contributed by atoms with Crippen LogP contribution in [0.5, 0.6) is 0 Å². The summed E-state index contributed by atoms with van der Waals surface area (Å²) < 4.78 is 1.68. The fraction of sp³-hybridized carbons (Fsp3) is 0.667. The Kier molecular flexibility index (Phi) is 2.73. The number of likely N-dealkylation sites (tertiary alicyclic amines) is 1. The molecule has 0 saturated carbocycles. The monoisotopic (exact) mass is 237 g/mol. The largest absolute Gasteiger partial charge is 0.386 e. The van der Waals surface area contributed by atoms with Crippen LogP contribution in [0.1, 0.15) is 30.0 Å². The van der Waals surface area contributed by atoms with Crippen LogP contribution in [-0.4, -0.2) is 44.4 Å². The third-order valence-corrected chi connectivity index (χ3v) is 3.62. The van der Waals surface area contributed by atoms with Crippen LogP contribution in [0, 0.1) is 12.8 Å². The van der Waals surface area contributed by atoms with Gasteiger partial charge >= 0.3 is 0 Å². The molecule has 1 aromatic heterocycles. The molecule has 1 N–H and O–H groups in total. The molecule has 1 amide bonds. The first-order valence-electron chi connectivity index (χ1n) is 5.86. The molecule has 94 valence electrons. The van der Waals surface area contributed by atoms with E-state index in [1.54, 1.807) is 15.6 Å². The van der Waals surface area contributed by atoms with Gasteiger partial charge in [-0.1, -0.05) is 13.8 Å². The smallest absolute Gasteiger partial charge is 0.274 e. The van der Waals surface area contributed by atoms with E-state index in [0.29, 0.717) is 18.8 Å². The maximum atomic E-state index is 12.0. The van der Waals surface area contributed by atoms with Gasteiger partial charge in [0.2, 0.25) is 0 Å². The van der Waals surface area contributed by atoms with Crippen molar-refractivity contribution >= 4 is 5.91 Å². The molecular weight excluding hydrogens is 218 g/mol. The van der Waals surface area contributed by atoms with Gasteiger partial charge in [-0.2, -0.15) is 5.10 Å². The van der Waals surface area contributed by atoms with Gasteiger partial charge < -0.3 is 10.0 Å². The molecule has 1 aliphatic heterocycles.